The third kappa shape index (κ3) is 4.50. The van der Waals surface area contributed by atoms with Gasteiger partial charge in [-0.1, -0.05) is 24.6 Å². The second kappa shape index (κ2) is 9.51. The molecule has 0 spiro atoms. The van der Waals surface area contributed by atoms with Crippen molar-refractivity contribution in [1.29, 1.82) is 0 Å². The van der Waals surface area contributed by atoms with Crippen molar-refractivity contribution in [2.24, 2.45) is 0 Å². The van der Waals surface area contributed by atoms with E-state index in [1.165, 1.54) is 12.3 Å². The maximum atomic E-state index is 14.0. The van der Waals surface area contributed by atoms with E-state index in [4.69, 9.17) is 4.74 Å². The van der Waals surface area contributed by atoms with Gasteiger partial charge in [0.1, 0.15) is 5.75 Å². The number of hydrogen-bond donors (Lipinski definition) is 0. The first-order chi connectivity index (χ1) is 15.9. The fourth-order valence-electron chi connectivity index (χ4n) is 3.67. The Kier molecular flexibility index (Phi) is 6.52. The van der Waals surface area contributed by atoms with E-state index in [1.54, 1.807) is 24.3 Å². The first-order valence-electron chi connectivity index (χ1n) is 10.2. The second-order valence-corrected chi connectivity index (χ2v) is 7.46. The number of ether oxygens (including phenoxy) is 2. The Hall–Kier alpha value is -3.56. The minimum absolute atomic E-state index is 0.0153. The summed E-state index contributed by atoms with van der Waals surface area (Å²) < 4.78 is 78.8. The molecule has 1 saturated carbocycles. The lowest BCUT2D eigenvalue weighted by molar-refractivity contribution is 0.0709. The molecule has 1 fully saturated rings. The summed E-state index contributed by atoms with van der Waals surface area (Å²) in [5.41, 5.74) is 0.105. The first kappa shape index (κ1) is 22.6. The van der Waals surface area contributed by atoms with Crippen LogP contribution in [0.5, 0.6) is 11.5 Å². The monoisotopic (exact) mass is 464 g/mol. The predicted molar refractivity (Wildman–Crippen MR) is 106 cm³/mol. The van der Waals surface area contributed by atoms with Crippen molar-refractivity contribution in [3.8, 4) is 22.6 Å². The summed E-state index contributed by atoms with van der Waals surface area (Å²) in [6, 6.07) is 8.17. The van der Waals surface area contributed by atoms with E-state index in [1.807, 2.05) is 0 Å². The van der Waals surface area contributed by atoms with Gasteiger partial charge in [0.2, 0.25) is 34.8 Å². The number of para-hydroxylation sites is 1. The predicted octanol–water partition coefficient (Wildman–Crippen LogP) is 5.77. The van der Waals surface area contributed by atoms with Gasteiger partial charge in [0.05, 0.1) is 12.3 Å². The number of halogens is 5. The molecule has 0 amide bonds. The highest BCUT2D eigenvalue weighted by atomic mass is 19.2. The van der Waals surface area contributed by atoms with E-state index >= 15 is 0 Å². The van der Waals surface area contributed by atoms with E-state index < -0.39 is 46.5 Å². The van der Waals surface area contributed by atoms with Gasteiger partial charge >= 0.3 is 5.97 Å². The number of aromatic nitrogens is 2. The zero-order valence-electron chi connectivity index (χ0n) is 17.1. The van der Waals surface area contributed by atoms with Crippen molar-refractivity contribution in [2.45, 2.75) is 38.2 Å². The van der Waals surface area contributed by atoms with Crippen LogP contribution in [0, 0.1) is 29.1 Å². The van der Waals surface area contributed by atoms with Gasteiger partial charge in [-0.05, 0) is 37.8 Å². The Bertz CT molecular complexity index is 1170. The molecule has 5 nitrogen and oxygen atoms in total. The Morgan fingerprint density at radius 2 is 1.45 bits per heavy atom. The van der Waals surface area contributed by atoms with Crippen molar-refractivity contribution < 1.29 is 36.2 Å². The van der Waals surface area contributed by atoms with Crippen LogP contribution in [0.4, 0.5) is 22.0 Å². The van der Waals surface area contributed by atoms with Crippen LogP contribution in [0.2, 0.25) is 0 Å². The highest BCUT2D eigenvalue weighted by Gasteiger charge is 2.30. The minimum atomic E-state index is -2.36. The molecule has 10 heteroatoms. The standard InChI is InChI=1S/C23H17F5N2O3/c24-16-17(25)19(27)22(20(28)18(16)26)33-23(31)21-14(10-11-29-30-21)13-8-4-5-9-15(13)32-12-6-2-1-3-7-12/h4-5,8-12H,1-3,6-7H2. The second-order valence-electron chi connectivity index (χ2n) is 7.46. The third-order valence-corrected chi connectivity index (χ3v) is 5.30. The molecule has 0 N–H and O–H groups in total. The maximum absolute atomic E-state index is 14.0. The van der Waals surface area contributed by atoms with Crippen molar-refractivity contribution in [3.05, 3.63) is 71.3 Å². The zero-order valence-corrected chi connectivity index (χ0v) is 17.1. The molecule has 0 atom stereocenters. The summed E-state index contributed by atoms with van der Waals surface area (Å²) in [5, 5.41) is 7.26. The molecule has 33 heavy (non-hydrogen) atoms. The summed E-state index contributed by atoms with van der Waals surface area (Å²) in [7, 11) is 0. The van der Waals surface area contributed by atoms with Crippen molar-refractivity contribution >= 4 is 5.97 Å². The quantitative estimate of drug-likeness (QED) is 0.158. The Morgan fingerprint density at radius 3 is 2.15 bits per heavy atom. The number of benzene rings is 2. The van der Waals surface area contributed by atoms with Gasteiger partial charge in [-0.2, -0.15) is 13.9 Å². The molecule has 172 valence electrons. The number of carbonyl (C=O) groups is 1. The van der Waals surface area contributed by atoms with E-state index in [0.717, 1.165) is 32.1 Å². The zero-order chi connectivity index (χ0) is 23.5. The van der Waals surface area contributed by atoms with Crippen LogP contribution in [0.3, 0.4) is 0 Å². The normalized spacial score (nSPS) is 14.2. The lowest BCUT2D eigenvalue weighted by Crippen LogP contribution is -2.20. The number of carbonyl (C=O) groups excluding carboxylic acids is 1. The topological polar surface area (TPSA) is 61.3 Å². The molecule has 1 aliphatic carbocycles. The lowest BCUT2D eigenvalue weighted by atomic mass is 9.97. The first-order valence-corrected chi connectivity index (χ1v) is 10.2. The molecule has 3 aromatic rings. The average molecular weight is 464 g/mol. The van der Waals surface area contributed by atoms with Crippen LogP contribution < -0.4 is 9.47 Å². The minimum Gasteiger partial charge on any atom is -0.490 e. The molecule has 1 aromatic heterocycles. The summed E-state index contributed by atoms with van der Waals surface area (Å²) >= 11 is 0. The van der Waals surface area contributed by atoms with E-state index in [2.05, 4.69) is 14.9 Å². The van der Waals surface area contributed by atoms with Crippen LogP contribution in [0.1, 0.15) is 42.6 Å². The van der Waals surface area contributed by atoms with E-state index in [9.17, 15) is 26.7 Å². The SMILES string of the molecule is O=C(Oc1c(F)c(F)c(F)c(F)c1F)c1nnccc1-c1ccccc1OC1CCCCC1. The van der Waals surface area contributed by atoms with Crippen molar-refractivity contribution in [2.75, 3.05) is 0 Å². The van der Waals surface area contributed by atoms with Gasteiger partial charge < -0.3 is 9.47 Å². The molecule has 0 aliphatic heterocycles. The molecule has 4 rings (SSSR count). The molecule has 1 heterocycles. The van der Waals surface area contributed by atoms with Gasteiger partial charge in [-0.25, -0.2) is 18.0 Å². The van der Waals surface area contributed by atoms with Crippen LogP contribution in [0.25, 0.3) is 11.1 Å². The van der Waals surface area contributed by atoms with Crippen molar-refractivity contribution in [3.63, 3.8) is 0 Å². The summed E-state index contributed by atoms with van der Waals surface area (Å²) in [5.74, 6) is -14.1. The molecular weight excluding hydrogens is 447 g/mol. The molecule has 1 aliphatic rings. The Balaban J connectivity index is 1.69. The van der Waals surface area contributed by atoms with E-state index in [-0.39, 0.29) is 11.7 Å². The van der Waals surface area contributed by atoms with Gasteiger partial charge in [-0.3, -0.25) is 0 Å². The number of esters is 1. The number of hydrogen-bond acceptors (Lipinski definition) is 5. The molecule has 0 bridgehead atoms. The average Bonchev–Trinajstić information content (AvgIpc) is 2.85. The lowest BCUT2D eigenvalue weighted by Gasteiger charge is -2.24. The van der Waals surface area contributed by atoms with Crippen LogP contribution >= 0.6 is 0 Å². The summed E-state index contributed by atoms with van der Waals surface area (Å²) in [6.07, 6.45) is 6.20. The Morgan fingerprint density at radius 1 is 0.818 bits per heavy atom. The number of rotatable bonds is 5. The van der Waals surface area contributed by atoms with Crippen molar-refractivity contribution in [1.82, 2.24) is 10.2 Å². The molecule has 2 aromatic carbocycles. The van der Waals surface area contributed by atoms with Crippen LogP contribution in [-0.2, 0) is 0 Å². The highest BCUT2D eigenvalue weighted by molar-refractivity contribution is 5.97. The van der Waals surface area contributed by atoms with Crippen LogP contribution in [0.15, 0.2) is 36.5 Å². The molecule has 0 saturated heterocycles. The van der Waals surface area contributed by atoms with Crippen LogP contribution in [-0.4, -0.2) is 22.3 Å². The molecule has 0 unspecified atom stereocenters. The van der Waals surface area contributed by atoms with Gasteiger partial charge in [0.25, 0.3) is 0 Å². The fraction of sp³-hybridized carbons (Fsp3) is 0.261. The van der Waals surface area contributed by atoms with Gasteiger partial charge in [0, 0.05) is 11.1 Å². The van der Waals surface area contributed by atoms with Gasteiger partial charge in [-0.15, -0.1) is 5.10 Å². The summed E-state index contributed by atoms with van der Waals surface area (Å²) in [4.78, 5) is 12.7. The highest BCUT2D eigenvalue weighted by Crippen LogP contribution is 2.35. The summed E-state index contributed by atoms with van der Waals surface area (Å²) in [6.45, 7) is 0. The van der Waals surface area contributed by atoms with Gasteiger partial charge in [0.15, 0.2) is 5.69 Å². The smallest absolute Gasteiger partial charge is 0.365 e. The molecular formula is C23H17F5N2O3. The number of nitrogens with zero attached hydrogens (tertiary/aromatic N) is 2. The Labute approximate surface area is 185 Å². The fourth-order valence-corrected chi connectivity index (χ4v) is 3.67. The van der Waals surface area contributed by atoms with E-state index in [0.29, 0.717) is 11.3 Å². The largest absolute Gasteiger partial charge is 0.490 e. The molecule has 0 radical (unpaired) electrons. The maximum Gasteiger partial charge on any atom is 0.365 e. The third-order valence-electron chi connectivity index (χ3n) is 5.30.